The molecule has 0 spiro atoms. The molecule has 1 heterocycles. The number of carbonyl (C=O) groups is 1. The number of alkyl halides is 3. The van der Waals surface area contributed by atoms with E-state index in [0.717, 1.165) is 36.1 Å². The molecule has 0 bridgehead atoms. The summed E-state index contributed by atoms with van der Waals surface area (Å²) < 4.78 is 45.4. The zero-order valence-corrected chi connectivity index (χ0v) is 18.5. The molecule has 34 heavy (non-hydrogen) atoms. The quantitative estimate of drug-likeness (QED) is 0.440. The van der Waals surface area contributed by atoms with E-state index in [9.17, 15) is 23.1 Å². The molecule has 178 valence electrons. The van der Waals surface area contributed by atoms with Gasteiger partial charge in [-0.25, -0.2) is 0 Å². The monoisotopic (exact) mass is 469 g/mol. The molecule has 2 atom stereocenters. The standard InChI is InChI=1S/C27H26F3NO3/c28-27(29,30)22-14-12-20(13-15-22)25(31-16-5-4-11-24(31)26(32)33)21-9-6-10-23(17-21)34-18-19-7-2-1-3-8-19/h1-3,6-10,12-15,17,24-25H,4-5,11,16,18H2,(H,32,33). The zero-order valence-electron chi connectivity index (χ0n) is 18.5. The Balaban J connectivity index is 1.68. The first kappa shape index (κ1) is 23.8. The minimum atomic E-state index is -4.44. The molecular weight excluding hydrogens is 443 g/mol. The van der Waals surface area contributed by atoms with Crippen LogP contribution in [0.2, 0.25) is 0 Å². The Kier molecular flexibility index (Phi) is 7.22. The van der Waals surface area contributed by atoms with Crippen molar-refractivity contribution in [2.45, 2.75) is 44.1 Å². The van der Waals surface area contributed by atoms with E-state index < -0.39 is 29.8 Å². The number of nitrogens with zero attached hydrogens (tertiary/aromatic N) is 1. The van der Waals surface area contributed by atoms with Crippen molar-refractivity contribution in [3.05, 3.63) is 101 Å². The average Bonchev–Trinajstić information content (AvgIpc) is 2.84. The minimum Gasteiger partial charge on any atom is -0.489 e. The van der Waals surface area contributed by atoms with Gasteiger partial charge in [0.1, 0.15) is 18.4 Å². The Bertz CT molecular complexity index is 1100. The maximum absolute atomic E-state index is 13.1. The number of halogens is 3. The summed E-state index contributed by atoms with van der Waals surface area (Å²) in [5.41, 5.74) is 1.66. The Morgan fingerprint density at radius 3 is 2.38 bits per heavy atom. The molecule has 0 aliphatic carbocycles. The zero-order chi connectivity index (χ0) is 24.1. The molecule has 1 fully saturated rings. The number of hydrogen-bond donors (Lipinski definition) is 1. The fourth-order valence-corrected chi connectivity index (χ4v) is 4.47. The number of carboxylic acid groups (broad SMARTS) is 1. The highest BCUT2D eigenvalue weighted by Crippen LogP contribution is 2.37. The molecule has 7 heteroatoms. The van der Waals surface area contributed by atoms with Crippen LogP contribution in [0.5, 0.6) is 5.75 Å². The van der Waals surface area contributed by atoms with Crippen LogP contribution >= 0.6 is 0 Å². The van der Waals surface area contributed by atoms with Crippen molar-refractivity contribution in [3.63, 3.8) is 0 Å². The molecule has 2 unspecified atom stereocenters. The summed E-state index contributed by atoms with van der Waals surface area (Å²) >= 11 is 0. The summed E-state index contributed by atoms with van der Waals surface area (Å²) in [6.07, 6.45) is -2.32. The van der Waals surface area contributed by atoms with E-state index in [-0.39, 0.29) is 0 Å². The van der Waals surface area contributed by atoms with Gasteiger partial charge in [0.15, 0.2) is 0 Å². The van der Waals surface area contributed by atoms with Gasteiger partial charge >= 0.3 is 12.1 Å². The lowest BCUT2D eigenvalue weighted by molar-refractivity contribution is -0.145. The Morgan fingerprint density at radius 2 is 1.71 bits per heavy atom. The summed E-state index contributed by atoms with van der Waals surface area (Å²) in [6.45, 7) is 0.911. The van der Waals surface area contributed by atoms with E-state index in [0.29, 0.717) is 30.9 Å². The van der Waals surface area contributed by atoms with Crippen LogP contribution in [0, 0.1) is 0 Å². The molecule has 3 aromatic carbocycles. The van der Waals surface area contributed by atoms with Crippen molar-refractivity contribution < 1.29 is 27.8 Å². The third kappa shape index (κ3) is 5.59. The number of ether oxygens (including phenoxy) is 1. The first-order chi connectivity index (χ1) is 16.3. The van der Waals surface area contributed by atoms with Crippen LogP contribution in [-0.4, -0.2) is 28.6 Å². The van der Waals surface area contributed by atoms with Crippen LogP contribution in [0.4, 0.5) is 13.2 Å². The van der Waals surface area contributed by atoms with Gasteiger partial charge in [0.2, 0.25) is 0 Å². The SMILES string of the molecule is O=C(O)C1CCCCN1C(c1ccc(C(F)(F)F)cc1)c1cccc(OCc2ccccc2)c1. The topological polar surface area (TPSA) is 49.8 Å². The second-order valence-corrected chi connectivity index (χ2v) is 8.46. The van der Waals surface area contributed by atoms with Gasteiger partial charge in [0, 0.05) is 0 Å². The Labute approximate surface area is 196 Å². The fraction of sp³-hybridized carbons (Fsp3) is 0.296. The highest BCUT2D eigenvalue weighted by Gasteiger charge is 2.36. The first-order valence-electron chi connectivity index (χ1n) is 11.3. The number of aliphatic carboxylic acids is 1. The van der Waals surface area contributed by atoms with Crippen molar-refractivity contribution in [1.29, 1.82) is 0 Å². The highest BCUT2D eigenvalue weighted by atomic mass is 19.4. The maximum atomic E-state index is 13.1. The summed E-state index contributed by atoms with van der Waals surface area (Å²) in [5, 5.41) is 9.85. The first-order valence-corrected chi connectivity index (χ1v) is 11.3. The Morgan fingerprint density at radius 1 is 0.971 bits per heavy atom. The van der Waals surface area contributed by atoms with Crippen molar-refractivity contribution >= 4 is 5.97 Å². The van der Waals surface area contributed by atoms with Gasteiger partial charge in [-0.15, -0.1) is 0 Å². The van der Waals surface area contributed by atoms with Crippen molar-refractivity contribution in [2.75, 3.05) is 6.54 Å². The predicted molar refractivity (Wildman–Crippen MR) is 122 cm³/mol. The maximum Gasteiger partial charge on any atom is 0.416 e. The predicted octanol–water partition coefficient (Wildman–Crippen LogP) is 6.31. The molecule has 4 rings (SSSR count). The summed E-state index contributed by atoms with van der Waals surface area (Å²) in [5.74, 6) is -0.310. The molecule has 1 aliphatic heterocycles. The number of likely N-dealkylation sites (tertiary alicyclic amines) is 1. The van der Waals surface area contributed by atoms with Crippen LogP contribution < -0.4 is 4.74 Å². The van der Waals surface area contributed by atoms with Gasteiger partial charge in [0.05, 0.1) is 11.6 Å². The van der Waals surface area contributed by atoms with Gasteiger partial charge in [-0.05, 0) is 60.3 Å². The molecule has 0 amide bonds. The van der Waals surface area contributed by atoms with Gasteiger partial charge in [0.25, 0.3) is 0 Å². The van der Waals surface area contributed by atoms with Crippen molar-refractivity contribution in [2.24, 2.45) is 0 Å². The van der Waals surface area contributed by atoms with E-state index in [2.05, 4.69) is 0 Å². The Hall–Kier alpha value is -3.32. The van der Waals surface area contributed by atoms with Crippen LogP contribution in [-0.2, 0) is 17.6 Å². The van der Waals surface area contributed by atoms with E-state index in [4.69, 9.17) is 4.74 Å². The van der Waals surface area contributed by atoms with Crippen LogP contribution in [0.3, 0.4) is 0 Å². The van der Waals surface area contributed by atoms with Gasteiger partial charge < -0.3 is 9.84 Å². The molecular formula is C27H26F3NO3. The lowest BCUT2D eigenvalue weighted by Gasteiger charge is -2.39. The van der Waals surface area contributed by atoms with Gasteiger partial charge in [-0.2, -0.15) is 13.2 Å². The molecule has 0 radical (unpaired) electrons. The largest absolute Gasteiger partial charge is 0.489 e. The van der Waals surface area contributed by atoms with Gasteiger partial charge in [-0.3, -0.25) is 9.69 Å². The number of benzene rings is 3. The molecule has 1 saturated heterocycles. The van der Waals surface area contributed by atoms with Crippen molar-refractivity contribution in [3.8, 4) is 5.75 Å². The molecule has 0 aromatic heterocycles. The molecule has 3 aromatic rings. The lowest BCUT2D eigenvalue weighted by atomic mass is 9.91. The average molecular weight is 470 g/mol. The van der Waals surface area contributed by atoms with Crippen molar-refractivity contribution in [1.82, 2.24) is 4.90 Å². The smallest absolute Gasteiger partial charge is 0.416 e. The van der Waals surface area contributed by atoms with E-state index in [1.165, 1.54) is 12.1 Å². The second kappa shape index (κ2) is 10.3. The number of piperidine rings is 1. The fourth-order valence-electron chi connectivity index (χ4n) is 4.47. The summed E-state index contributed by atoms with van der Waals surface area (Å²) in [6, 6.07) is 20.8. The number of carboxylic acids is 1. The summed E-state index contributed by atoms with van der Waals surface area (Å²) in [7, 11) is 0. The second-order valence-electron chi connectivity index (χ2n) is 8.46. The summed E-state index contributed by atoms with van der Waals surface area (Å²) in [4.78, 5) is 13.9. The lowest BCUT2D eigenvalue weighted by Crippen LogP contribution is -2.46. The van der Waals surface area contributed by atoms with Crippen LogP contribution in [0.25, 0.3) is 0 Å². The minimum absolute atomic E-state index is 0.372. The highest BCUT2D eigenvalue weighted by molar-refractivity contribution is 5.73. The third-order valence-electron chi connectivity index (χ3n) is 6.14. The molecule has 4 nitrogen and oxygen atoms in total. The molecule has 1 N–H and O–H groups in total. The van der Waals surface area contributed by atoms with Crippen LogP contribution in [0.15, 0.2) is 78.9 Å². The normalized spacial score (nSPS) is 17.8. The van der Waals surface area contributed by atoms with Crippen LogP contribution in [0.1, 0.15) is 47.6 Å². The van der Waals surface area contributed by atoms with Gasteiger partial charge in [-0.1, -0.05) is 61.0 Å². The molecule has 0 saturated carbocycles. The number of rotatable bonds is 7. The molecule has 1 aliphatic rings. The third-order valence-corrected chi connectivity index (χ3v) is 6.14. The van der Waals surface area contributed by atoms with E-state index in [1.54, 1.807) is 0 Å². The van der Waals surface area contributed by atoms with E-state index >= 15 is 0 Å². The van der Waals surface area contributed by atoms with E-state index in [1.807, 2.05) is 59.5 Å². The number of hydrogen-bond acceptors (Lipinski definition) is 3.